The molecule has 4 nitrogen and oxygen atoms in total. The van der Waals surface area contributed by atoms with E-state index in [9.17, 15) is 9.90 Å². The van der Waals surface area contributed by atoms with Crippen molar-refractivity contribution in [3.63, 3.8) is 0 Å². The van der Waals surface area contributed by atoms with Gasteiger partial charge in [-0.15, -0.1) is 11.3 Å². The van der Waals surface area contributed by atoms with Crippen LogP contribution >= 0.6 is 11.3 Å². The fraction of sp³-hybridized carbons (Fsp3) is 0.733. The Hall–Kier alpha value is -1.10. The van der Waals surface area contributed by atoms with E-state index in [2.05, 4.69) is 31.1 Å². The number of aliphatic carboxylic acids is 1. The number of aromatic nitrogens is 1. The smallest absolute Gasteiger partial charge is 0.312 e. The third-order valence-corrected chi connectivity index (χ3v) is 5.42. The predicted octanol–water partition coefficient (Wildman–Crippen LogP) is 3.88. The molecule has 1 aromatic rings. The number of carboxylic acid groups (broad SMARTS) is 1. The monoisotopic (exact) mass is 296 g/mol. The average Bonchev–Trinajstić information content (AvgIpc) is 2.81. The van der Waals surface area contributed by atoms with Gasteiger partial charge in [-0.3, -0.25) is 4.79 Å². The molecule has 2 unspecified atom stereocenters. The van der Waals surface area contributed by atoms with Gasteiger partial charge in [0.2, 0.25) is 0 Å². The lowest BCUT2D eigenvalue weighted by Crippen LogP contribution is -2.25. The van der Waals surface area contributed by atoms with Crippen molar-refractivity contribution in [1.29, 1.82) is 0 Å². The van der Waals surface area contributed by atoms with E-state index in [-0.39, 0.29) is 0 Å². The van der Waals surface area contributed by atoms with Crippen molar-refractivity contribution in [1.82, 2.24) is 4.98 Å². The van der Waals surface area contributed by atoms with Crippen LogP contribution in [0.2, 0.25) is 0 Å². The summed E-state index contributed by atoms with van der Waals surface area (Å²) in [5.41, 5.74) is 0.799. The van der Waals surface area contributed by atoms with E-state index in [4.69, 9.17) is 0 Å². The number of hydrogen-bond acceptors (Lipinski definition) is 4. The molecular weight excluding hydrogens is 272 g/mol. The number of carboxylic acids is 1. The first kappa shape index (κ1) is 15.3. The number of nitrogens with zero attached hydrogens (tertiary/aromatic N) is 1. The molecule has 2 atom stereocenters. The Kier molecular flexibility index (Phi) is 5.02. The second-order valence-electron chi connectivity index (χ2n) is 5.62. The summed E-state index contributed by atoms with van der Waals surface area (Å²) in [5.74, 6) is -0.518. The van der Waals surface area contributed by atoms with Crippen molar-refractivity contribution in [2.24, 2.45) is 5.92 Å². The number of fused-ring (bicyclic) bond motifs is 1. The van der Waals surface area contributed by atoms with Gasteiger partial charge in [0.25, 0.3) is 0 Å². The van der Waals surface area contributed by atoms with Gasteiger partial charge < -0.3 is 10.4 Å². The molecule has 0 fully saturated rings. The zero-order valence-corrected chi connectivity index (χ0v) is 13.3. The van der Waals surface area contributed by atoms with E-state index in [0.29, 0.717) is 18.4 Å². The van der Waals surface area contributed by atoms with Crippen molar-refractivity contribution in [3.8, 4) is 0 Å². The van der Waals surface area contributed by atoms with Crippen molar-refractivity contribution >= 4 is 22.4 Å². The normalized spacial score (nSPS) is 19.7. The third-order valence-electron chi connectivity index (χ3n) is 4.36. The van der Waals surface area contributed by atoms with Gasteiger partial charge in [-0.1, -0.05) is 26.7 Å². The highest BCUT2D eigenvalue weighted by Crippen LogP contribution is 2.37. The number of nitrogens with one attached hydrogen (secondary N) is 1. The maximum Gasteiger partial charge on any atom is 0.312 e. The summed E-state index contributed by atoms with van der Waals surface area (Å²) >= 11 is 1.64. The van der Waals surface area contributed by atoms with Crippen LogP contribution in [0.3, 0.4) is 0 Å². The zero-order chi connectivity index (χ0) is 14.7. The number of aryl methyl sites for hydroxylation is 1. The Morgan fingerprint density at radius 2 is 2.20 bits per heavy atom. The molecule has 0 aliphatic heterocycles. The first-order valence-corrected chi connectivity index (χ1v) is 8.37. The Balaban J connectivity index is 2.13. The Labute approximate surface area is 124 Å². The minimum absolute atomic E-state index is 0.376. The molecule has 0 saturated heterocycles. The number of hydrogen-bond donors (Lipinski definition) is 2. The summed E-state index contributed by atoms with van der Waals surface area (Å²) in [7, 11) is 0. The molecule has 20 heavy (non-hydrogen) atoms. The van der Waals surface area contributed by atoms with Crippen LogP contribution in [0.15, 0.2) is 0 Å². The van der Waals surface area contributed by atoms with Gasteiger partial charge in [-0.25, -0.2) is 4.98 Å². The number of rotatable bonds is 6. The highest BCUT2D eigenvalue weighted by molar-refractivity contribution is 7.15. The van der Waals surface area contributed by atoms with Crippen LogP contribution in [0.4, 0.5) is 5.13 Å². The zero-order valence-electron chi connectivity index (χ0n) is 12.5. The van der Waals surface area contributed by atoms with Crippen molar-refractivity contribution in [3.05, 3.63) is 10.6 Å². The standard InChI is InChI=1S/C15H24N2O2S/c1-4-10(5-2)9(3)16-15-17-13-11(14(18)19)7-6-8-12(13)20-15/h9-11H,4-8H2,1-3H3,(H,16,17)(H,18,19). The maximum absolute atomic E-state index is 11.3. The molecule has 2 N–H and O–H groups in total. The largest absolute Gasteiger partial charge is 0.481 e. The van der Waals surface area contributed by atoms with Gasteiger partial charge in [0.15, 0.2) is 5.13 Å². The van der Waals surface area contributed by atoms with Gasteiger partial charge in [0.05, 0.1) is 5.69 Å². The van der Waals surface area contributed by atoms with E-state index in [0.717, 1.165) is 41.4 Å². The quantitative estimate of drug-likeness (QED) is 0.836. The molecule has 112 valence electrons. The van der Waals surface area contributed by atoms with Crippen LogP contribution in [-0.4, -0.2) is 22.1 Å². The van der Waals surface area contributed by atoms with Gasteiger partial charge in [0, 0.05) is 10.9 Å². The van der Waals surface area contributed by atoms with Crippen LogP contribution in [-0.2, 0) is 11.2 Å². The van der Waals surface area contributed by atoms with Crippen LogP contribution in [0.1, 0.15) is 62.9 Å². The molecule has 1 heterocycles. The molecule has 0 aromatic carbocycles. The lowest BCUT2D eigenvalue weighted by Gasteiger charge is -2.21. The SMILES string of the molecule is CCC(CC)C(C)Nc1nc2c(s1)CCCC2C(=O)O. The molecule has 1 aromatic heterocycles. The lowest BCUT2D eigenvalue weighted by molar-refractivity contribution is -0.139. The lowest BCUT2D eigenvalue weighted by atomic mass is 9.91. The van der Waals surface area contributed by atoms with E-state index in [1.165, 1.54) is 0 Å². The molecular formula is C15H24N2O2S. The Morgan fingerprint density at radius 3 is 2.80 bits per heavy atom. The molecule has 5 heteroatoms. The molecule has 0 bridgehead atoms. The van der Waals surface area contributed by atoms with Crippen molar-refractivity contribution < 1.29 is 9.90 Å². The highest BCUT2D eigenvalue weighted by Gasteiger charge is 2.30. The summed E-state index contributed by atoms with van der Waals surface area (Å²) in [6, 6.07) is 0.376. The summed E-state index contributed by atoms with van der Waals surface area (Å²) in [4.78, 5) is 17.0. The molecule has 0 saturated carbocycles. The van der Waals surface area contributed by atoms with E-state index >= 15 is 0 Å². The number of thiazole rings is 1. The van der Waals surface area contributed by atoms with Gasteiger partial charge in [-0.2, -0.15) is 0 Å². The summed E-state index contributed by atoms with van der Waals surface area (Å²) < 4.78 is 0. The topological polar surface area (TPSA) is 62.2 Å². The summed E-state index contributed by atoms with van der Waals surface area (Å²) in [6.45, 7) is 6.60. The molecule has 2 rings (SSSR count). The van der Waals surface area contributed by atoms with Crippen LogP contribution < -0.4 is 5.32 Å². The van der Waals surface area contributed by atoms with Gasteiger partial charge >= 0.3 is 5.97 Å². The van der Waals surface area contributed by atoms with Crippen LogP contribution in [0.25, 0.3) is 0 Å². The van der Waals surface area contributed by atoms with Crippen LogP contribution in [0, 0.1) is 5.92 Å². The molecule has 0 spiro atoms. The summed E-state index contributed by atoms with van der Waals surface area (Å²) in [6.07, 6.45) is 4.93. The minimum Gasteiger partial charge on any atom is -0.481 e. The highest BCUT2D eigenvalue weighted by atomic mass is 32.1. The fourth-order valence-corrected chi connectivity index (χ4v) is 4.19. The van der Waals surface area contributed by atoms with Crippen LogP contribution in [0.5, 0.6) is 0 Å². The van der Waals surface area contributed by atoms with E-state index < -0.39 is 11.9 Å². The van der Waals surface area contributed by atoms with Crippen molar-refractivity contribution in [2.75, 3.05) is 5.32 Å². The van der Waals surface area contributed by atoms with Gasteiger partial charge in [0.1, 0.15) is 5.92 Å². The fourth-order valence-electron chi connectivity index (χ4n) is 3.03. The third kappa shape index (κ3) is 3.14. The van der Waals surface area contributed by atoms with E-state index in [1.807, 2.05) is 0 Å². The number of anilines is 1. The molecule has 0 amide bonds. The molecule has 1 aliphatic carbocycles. The Morgan fingerprint density at radius 1 is 1.50 bits per heavy atom. The minimum atomic E-state index is -0.740. The predicted molar refractivity (Wildman–Crippen MR) is 82.6 cm³/mol. The average molecular weight is 296 g/mol. The van der Waals surface area contributed by atoms with E-state index in [1.54, 1.807) is 11.3 Å². The number of carbonyl (C=O) groups is 1. The second kappa shape index (κ2) is 6.57. The van der Waals surface area contributed by atoms with Gasteiger partial charge in [-0.05, 0) is 32.1 Å². The first-order chi connectivity index (χ1) is 9.56. The molecule has 1 aliphatic rings. The summed E-state index contributed by atoms with van der Waals surface area (Å²) in [5, 5.41) is 13.7. The molecule has 0 radical (unpaired) electrons. The Bertz CT molecular complexity index is 468. The second-order valence-corrected chi connectivity index (χ2v) is 6.70. The first-order valence-electron chi connectivity index (χ1n) is 7.55. The van der Waals surface area contributed by atoms with Crippen molar-refractivity contribution in [2.45, 2.75) is 64.8 Å². The maximum atomic E-state index is 11.3.